The summed E-state index contributed by atoms with van der Waals surface area (Å²) in [6.07, 6.45) is 0. The van der Waals surface area contributed by atoms with Gasteiger partial charge < -0.3 is 10.6 Å². The van der Waals surface area contributed by atoms with E-state index in [0.29, 0.717) is 6.04 Å². The lowest BCUT2D eigenvalue weighted by atomic mass is 10.1. The molecule has 12 heavy (non-hydrogen) atoms. The zero-order valence-electron chi connectivity index (χ0n) is 6.89. The Morgan fingerprint density at radius 2 is 2.42 bits per heavy atom. The van der Waals surface area contributed by atoms with Crippen LogP contribution in [0.25, 0.3) is 0 Å². The number of halogens is 1. The Kier molecular flexibility index (Phi) is 2.07. The minimum absolute atomic E-state index is 0.456. The quantitative estimate of drug-likeness (QED) is 0.767. The number of nitrogens with one attached hydrogen (secondary N) is 2. The molecule has 0 spiro atoms. The maximum atomic E-state index is 3.47. The van der Waals surface area contributed by atoms with Crippen LogP contribution in [0.2, 0.25) is 0 Å². The van der Waals surface area contributed by atoms with Crippen LogP contribution in [0.4, 0.5) is 5.69 Å². The zero-order valence-corrected chi connectivity index (χ0v) is 8.48. The summed E-state index contributed by atoms with van der Waals surface area (Å²) in [5.74, 6) is 0. The molecule has 2 N–H and O–H groups in total. The molecule has 1 aliphatic rings. The minimum Gasteiger partial charge on any atom is -0.383 e. The van der Waals surface area contributed by atoms with Crippen LogP contribution in [0.3, 0.4) is 0 Å². The lowest BCUT2D eigenvalue weighted by molar-refractivity contribution is 0.648. The minimum atomic E-state index is 0.456. The molecule has 2 rings (SSSR count). The standard InChI is InChI=1S/C9H11BrN2/c1-11-9-5-12-8-3-2-6(10)4-7(8)9/h2-4,9,11-12H,5H2,1H3. The number of fused-ring (bicyclic) bond motifs is 1. The summed E-state index contributed by atoms with van der Waals surface area (Å²) in [5.41, 5.74) is 2.60. The average molecular weight is 227 g/mol. The van der Waals surface area contributed by atoms with Crippen LogP contribution in [0, 0.1) is 0 Å². The molecule has 1 aromatic carbocycles. The highest BCUT2D eigenvalue weighted by Gasteiger charge is 2.19. The number of hydrogen-bond donors (Lipinski definition) is 2. The Morgan fingerprint density at radius 1 is 1.58 bits per heavy atom. The molecule has 1 atom stereocenters. The lowest BCUT2D eigenvalue weighted by Gasteiger charge is -2.07. The van der Waals surface area contributed by atoms with Gasteiger partial charge in [0.1, 0.15) is 0 Å². The van der Waals surface area contributed by atoms with Gasteiger partial charge >= 0.3 is 0 Å². The second kappa shape index (κ2) is 3.07. The summed E-state index contributed by atoms with van der Waals surface area (Å²) in [6.45, 7) is 0.988. The first kappa shape index (κ1) is 8.08. The van der Waals surface area contributed by atoms with Crippen LogP contribution in [0.15, 0.2) is 22.7 Å². The number of benzene rings is 1. The van der Waals surface area contributed by atoms with Crippen molar-refractivity contribution in [3.05, 3.63) is 28.2 Å². The second-order valence-electron chi connectivity index (χ2n) is 2.95. The summed E-state index contributed by atoms with van der Waals surface area (Å²) in [5, 5.41) is 6.61. The molecule has 0 saturated carbocycles. The van der Waals surface area contributed by atoms with Gasteiger partial charge in [-0.05, 0) is 30.8 Å². The highest BCUT2D eigenvalue weighted by Crippen LogP contribution is 2.31. The van der Waals surface area contributed by atoms with E-state index >= 15 is 0 Å². The van der Waals surface area contributed by atoms with Gasteiger partial charge in [0.2, 0.25) is 0 Å². The van der Waals surface area contributed by atoms with E-state index in [0.717, 1.165) is 11.0 Å². The number of rotatable bonds is 1. The highest BCUT2D eigenvalue weighted by atomic mass is 79.9. The fourth-order valence-electron chi connectivity index (χ4n) is 1.56. The molecule has 1 aliphatic heterocycles. The van der Waals surface area contributed by atoms with Gasteiger partial charge in [-0.3, -0.25) is 0 Å². The van der Waals surface area contributed by atoms with Gasteiger partial charge in [0.05, 0.1) is 6.04 Å². The monoisotopic (exact) mass is 226 g/mol. The predicted molar refractivity (Wildman–Crippen MR) is 54.4 cm³/mol. The summed E-state index contributed by atoms with van der Waals surface area (Å²) in [6, 6.07) is 6.79. The molecule has 1 heterocycles. The van der Waals surface area contributed by atoms with Gasteiger partial charge in [0.15, 0.2) is 0 Å². The largest absolute Gasteiger partial charge is 0.383 e. The molecule has 0 radical (unpaired) electrons. The van der Waals surface area contributed by atoms with E-state index in [-0.39, 0.29) is 0 Å². The Morgan fingerprint density at radius 3 is 3.17 bits per heavy atom. The van der Waals surface area contributed by atoms with E-state index in [4.69, 9.17) is 0 Å². The smallest absolute Gasteiger partial charge is 0.0514 e. The predicted octanol–water partition coefficient (Wildman–Crippen LogP) is 2.14. The molecule has 64 valence electrons. The number of hydrogen-bond acceptors (Lipinski definition) is 2. The Labute approximate surface area is 80.5 Å². The van der Waals surface area contributed by atoms with Gasteiger partial charge in [0.25, 0.3) is 0 Å². The first-order valence-corrected chi connectivity index (χ1v) is 4.81. The van der Waals surface area contributed by atoms with Crippen LogP contribution in [0.5, 0.6) is 0 Å². The SMILES string of the molecule is CNC1CNc2ccc(Br)cc21. The maximum Gasteiger partial charge on any atom is 0.0514 e. The fraction of sp³-hybridized carbons (Fsp3) is 0.333. The average Bonchev–Trinajstić information content (AvgIpc) is 2.46. The van der Waals surface area contributed by atoms with E-state index in [2.05, 4.69) is 44.8 Å². The summed E-state index contributed by atoms with van der Waals surface area (Å²) >= 11 is 3.47. The zero-order chi connectivity index (χ0) is 8.55. The van der Waals surface area contributed by atoms with Crippen LogP contribution in [-0.4, -0.2) is 13.6 Å². The first-order chi connectivity index (χ1) is 5.81. The molecular weight excluding hydrogens is 216 g/mol. The van der Waals surface area contributed by atoms with Gasteiger partial charge in [0, 0.05) is 16.7 Å². The third-order valence-electron chi connectivity index (χ3n) is 2.23. The molecule has 1 unspecified atom stereocenters. The van der Waals surface area contributed by atoms with Crippen molar-refractivity contribution in [3.8, 4) is 0 Å². The number of anilines is 1. The van der Waals surface area contributed by atoms with Crippen molar-refractivity contribution in [2.75, 3.05) is 18.9 Å². The van der Waals surface area contributed by atoms with E-state index in [1.54, 1.807) is 0 Å². The van der Waals surface area contributed by atoms with Crippen LogP contribution >= 0.6 is 15.9 Å². The fourth-order valence-corrected chi connectivity index (χ4v) is 1.94. The molecular formula is C9H11BrN2. The van der Waals surface area contributed by atoms with Crippen LogP contribution in [-0.2, 0) is 0 Å². The van der Waals surface area contributed by atoms with Crippen molar-refractivity contribution < 1.29 is 0 Å². The van der Waals surface area contributed by atoms with Gasteiger partial charge in [-0.15, -0.1) is 0 Å². The lowest BCUT2D eigenvalue weighted by Crippen LogP contribution is -2.17. The van der Waals surface area contributed by atoms with Gasteiger partial charge in [-0.2, -0.15) is 0 Å². The topological polar surface area (TPSA) is 24.1 Å². The molecule has 1 aromatic rings. The Bertz CT molecular complexity index is 299. The van der Waals surface area contributed by atoms with Crippen molar-refractivity contribution in [1.82, 2.24) is 5.32 Å². The molecule has 0 aliphatic carbocycles. The van der Waals surface area contributed by atoms with E-state index in [1.165, 1.54) is 11.3 Å². The summed E-state index contributed by atoms with van der Waals surface area (Å²) in [7, 11) is 1.99. The van der Waals surface area contributed by atoms with Crippen molar-refractivity contribution >= 4 is 21.6 Å². The normalized spacial score (nSPS) is 20.3. The van der Waals surface area contributed by atoms with Crippen molar-refractivity contribution in [3.63, 3.8) is 0 Å². The number of likely N-dealkylation sites (N-methyl/N-ethyl adjacent to an activating group) is 1. The highest BCUT2D eigenvalue weighted by molar-refractivity contribution is 9.10. The van der Waals surface area contributed by atoms with Gasteiger partial charge in [-0.25, -0.2) is 0 Å². The van der Waals surface area contributed by atoms with Crippen molar-refractivity contribution in [1.29, 1.82) is 0 Å². The first-order valence-electron chi connectivity index (χ1n) is 4.02. The van der Waals surface area contributed by atoms with E-state index in [9.17, 15) is 0 Å². The van der Waals surface area contributed by atoms with E-state index in [1.807, 2.05) is 7.05 Å². The van der Waals surface area contributed by atoms with Crippen LogP contribution in [0.1, 0.15) is 11.6 Å². The third-order valence-corrected chi connectivity index (χ3v) is 2.73. The molecule has 2 nitrogen and oxygen atoms in total. The van der Waals surface area contributed by atoms with E-state index < -0.39 is 0 Å². The van der Waals surface area contributed by atoms with Crippen molar-refractivity contribution in [2.45, 2.75) is 6.04 Å². The molecule has 0 fully saturated rings. The molecule has 0 aromatic heterocycles. The molecule has 0 amide bonds. The Hall–Kier alpha value is -0.540. The summed E-state index contributed by atoms with van der Waals surface area (Å²) < 4.78 is 1.14. The molecule has 0 saturated heterocycles. The molecule has 3 heteroatoms. The van der Waals surface area contributed by atoms with Crippen molar-refractivity contribution in [2.24, 2.45) is 0 Å². The maximum absolute atomic E-state index is 3.47. The third kappa shape index (κ3) is 1.23. The summed E-state index contributed by atoms with van der Waals surface area (Å²) in [4.78, 5) is 0. The Balaban J connectivity index is 2.42. The van der Waals surface area contributed by atoms with Gasteiger partial charge in [-0.1, -0.05) is 15.9 Å². The van der Waals surface area contributed by atoms with Crippen LogP contribution < -0.4 is 10.6 Å². The second-order valence-corrected chi connectivity index (χ2v) is 3.87. The molecule has 0 bridgehead atoms.